The number of nitrogens with zero attached hydrogens (tertiary/aromatic N) is 1. The first kappa shape index (κ1) is 18.3. The Balaban J connectivity index is 1.54. The van der Waals surface area contributed by atoms with Gasteiger partial charge in [0.15, 0.2) is 0 Å². The molecule has 1 N–H and O–H groups in total. The monoisotopic (exact) mass is 378 g/mol. The molecule has 3 aromatic rings. The Morgan fingerprint density at radius 1 is 1.18 bits per heavy atom. The molecule has 1 atom stereocenters. The molecule has 1 aliphatic rings. The van der Waals surface area contributed by atoms with Crippen molar-refractivity contribution in [2.24, 2.45) is 0 Å². The number of hydrogen-bond donors (Lipinski definition) is 1. The highest BCUT2D eigenvalue weighted by Crippen LogP contribution is 2.29. The van der Waals surface area contributed by atoms with Crippen LogP contribution < -0.4 is 15.7 Å². The number of carbonyl (C=O) groups is 1. The van der Waals surface area contributed by atoms with Gasteiger partial charge in [0.1, 0.15) is 16.9 Å². The lowest BCUT2D eigenvalue weighted by molar-refractivity contribution is 0.0938. The van der Waals surface area contributed by atoms with Crippen molar-refractivity contribution in [1.82, 2.24) is 10.2 Å². The van der Waals surface area contributed by atoms with E-state index in [4.69, 9.17) is 9.15 Å². The van der Waals surface area contributed by atoms with E-state index in [2.05, 4.69) is 11.4 Å². The Kier molecular flexibility index (Phi) is 4.88. The van der Waals surface area contributed by atoms with Gasteiger partial charge in [-0.15, -0.1) is 0 Å². The quantitative estimate of drug-likeness (QED) is 0.691. The lowest BCUT2D eigenvalue weighted by Crippen LogP contribution is -2.36. The predicted octanol–water partition coefficient (Wildman–Crippen LogP) is 2.76. The molecular weight excluding hydrogens is 356 g/mol. The number of nitrogens with one attached hydrogen (secondary N) is 1. The van der Waals surface area contributed by atoms with Gasteiger partial charge in [0.05, 0.1) is 12.6 Å². The van der Waals surface area contributed by atoms with Crippen molar-refractivity contribution in [2.45, 2.75) is 12.5 Å². The smallest absolute Gasteiger partial charge is 0.349 e. The summed E-state index contributed by atoms with van der Waals surface area (Å²) in [6.45, 7) is 1.08. The number of rotatable bonds is 5. The third-order valence-electron chi connectivity index (χ3n) is 5.06. The molecule has 1 aromatic heterocycles. The van der Waals surface area contributed by atoms with E-state index in [-0.39, 0.29) is 11.6 Å². The molecule has 0 bridgehead atoms. The first-order valence-corrected chi connectivity index (χ1v) is 9.26. The number of hydrogen-bond acceptors (Lipinski definition) is 5. The fraction of sp³-hybridized carbons (Fsp3) is 0.273. The van der Waals surface area contributed by atoms with Gasteiger partial charge in [0.2, 0.25) is 0 Å². The van der Waals surface area contributed by atoms with Crippen LogP contribution in [0.2, 0.25) is 0 Å². The van der Waals surface area contributed by atoms with Gasteiger partial charge >= 0.3 is 5.63 Å². The summed E-state index contributed by atoms with van der Waals surface area (Å²) in [7, 11) is 3.93. The van der Waals surface area contributed by atoms with E-state index < -0.39 is 11.5 Å². The topological polar surface area (TPSA) is 71.8 Å². The number of ether oxygens (including phenoxy) is 1. The summed E-state index contributed by atoms with van der Waals surface area (Å²) in [5.74, 6) is 0.495. The standard InChI is InChI=1S/C22H22N2O4/c1-24(2)18(14-7-8-19-16(11-14)9-10-27-19)13-23-21(25)17-12-15-5-3-4-6-20(15)28-22(17)26/h3-8,11-12,18H,9-10,13H2,1-2H3,(H,23,25). The van der Waals surface area contributed by atoms with Crippen LogP contribution in [-0.4, -0.2) is 38.1 Å². The maximum Gasteiger partial charge on any atom is 0.349 e. The molecule has 1 unspecified atom stereocenters. The molecule has 0 fully saturated rings. The van der Waals surface area contributed by atoms with Crippen LogP contribution in [0.1, 0.15) is 27.5 Å². The maximum atomic E-state index is 12.6. The first-order chi connectivity index (χ1) is 13.5. The van der Waals surface area contributed by atoms with Gasteiger partial charge in [0, 0.05) is 18.4 Å². The van der Waals surface area contributed by atoms with E-state index in [0.29, 0.717) is 18.7 Å². The second-order valence-electron chi connectivity index (χ2n) is 7.14. The van der Waals surface area contributed by atoms with Crippen molar-refractivity contribution in [2.75, 3.05) is 27.2 Å². The second kappa shape index (κ2) is 7.48. The van der Waals surface area contributed by atoms with Crippen molar-refractivity contribution < 1.29 is 13.9 Å². The average molecular weight is 378 g/mol. The molecule has 2 heterocycles. The summed E-state index contributed by atoms with van der Waals surface area (Å²) in [6.07, 6.45) is 0.897. The predicted molar refractivity (Wildman–Crippen MR) is 107 cm³/mol. The molecule has 28 heavy (non-hydrogen) atoms. The zero-order valence-corrected chi connectivity index (χ0v) is 15.9. The number of benzene rings is 2. The van der Waals surface area contributed by atoms with Crippen molar-refractivity contribution in [3.8, 4) is 5.75 Å². The fourth-order valence-corrected chi connectivity index (χ4v) is 3.52. The summed E-state index contributed by atoms with van der Waals surface area (Å²) in [5, 5.41) is 3.60. The Bertz CT molecular complexity index is 1090. The molecule has 6 heteroatoms. The Morgan fingerprint density at radius 3 is 2.82 bits per heavy atom. The Labute approximate surface area is 162 Å². The second-order valence-corrected chi connectivity index (χ2v) is 7.14. The molecule has 144 valence electrons. The molecule has 2 aromatic carbocycles. The van der Waals surface area contributed by atoms with Gasteiger partial charge in [-0.3, -0.25) is 4.79 Å². The summed E-state index contributed by atoms with van der Waals surface area (Å²) >= 11 is 0. The summed E-state index contributed by atoms with van der Waals surface area (Å²) in [5.41, 5.74) is 2.13. The van der Waals surface area contributed by atoms with Crippen LogP contribution in [0.5, 0.6) is 5.75 Å². The summed E-state index contributed by atoms with van der Waals surface area (Å²) in [4.78, 5) is 26.9. The number of carbonyl (C=O) groups excluding carboxylic acids is 1. The normalized spacial score (nSPS) is 14.0. The molecule has 1 amide bonds. The molecule has 6 nitrogen and oxygen atoms in total. The minimum Gasteiger partial charge on any atom is -0.493 e. The maximum absolute atomic E-state index is 12.6. The van der Waals surface area contributed by atoms with Gasteiger partial charge in [-0.2, -0.15) is 0 Å². The van der Waals surface area contributed by atoms with Crippen LogP contribution in [0.3, 0.4) is 0 Å². The third-order valence-corrected chi connectivity index (χ3v) is 5.06. The van der Waals surface area contributed by atoms with E-state index in [1.54, 1.807) is 18.2 Å². The highest BCUT2D eigenvalue weighted by Gasteiger charge is 2.21. The van der Waals surface area contributed by atoms with Crippen LogP contribution in [-0.2, 0) is 6.42 Å². The van der Waals surface area contributed by atoms with Crippen molar-refractivity contribution in [1.29, 1.82) is 0 Å². The van der Waals surface area contributed by atoms with Crippen molar-refractivity contribution in [3.63, 3.8) is 0 Å². The third kappa shape index (κ3) is 3.51. The lowest BCUT2D eigenvalue weighted by atomic mass is 10.0. The van der Waals surface area contributed by atoms with Crippen LogP contribution in [0, 0.1) is 0 Å². The Hall–Kier alpha value is -3.12. The molecule has 4 rings (SSSR count). The SMILES string of the molecule is CN(C)C(CNC(=O)c1cc2ccccc2oc1=O)c1ccc2c(c1)CCO2. The lowest BCUT2D eigenvalue weighted by Gasteiger charge is -2.25. The molecule has 1 aliphatic heterocycles. The van der Waals surface area contributed by atoms with Crippen molar-refractivity contribution >= 4 is 16.9 Å². The van der Waals surface area contributed by atoms with E-state index in [9.17, 15) is 9.59 Å². The van der Waals surface area contributed by atoms with Crippen molar-refractivity contribution in [3.05, 3.63) is 75.6 Å². The van der Waals surface area contributed by atoms with E-state index in [1.807, 2.05) is 43.3 Å². The van der Waals surface area contributed by atoms with Crippen LogP contribution in [0.4, 0.5) is 0 Å². The van der Waals surface area contributed by atoms with Gasteiger partial charge in [0.25, 0.3) is 5.91 Å². The minimum absolute atomic E-state index is 0.0126. The largest absolute Gasteiger partial charge is 0.493 e. The molecule has 0 saturated heterocycles. The zero-order chi connectivity index (χ0) is 19.7. The minimum atomic E-state index is -0.632. The highest BCUT2D eigenvalue weighted by atomic mass is 16.5. The molecule has 0 aliphatic carbocycles. The number of para-hydroxylation sites is 1. The average Bonchev–Trinajstić information content (AvgIpc) is 3.15. The van der Waals surface area contributed by atoms with Gasteiger partial charge < -0.3 is 19.4 Å². The first-order valence-electron chi connectivity index (χ1n) is 9.26. The van der Waals surface area contributed by atoms with E-state index >= 15 is 0 Å². The molecular formula is C22H22N2O4. The number of fused-ring (bicyclic) bond motifs is 2. The van der Waals surface area contributed by atoms with Crippen LogP contribution in [0.15, 0.2) is 57.7 Å². The molecule has 0 radical (unpaired) electrons. The van der Waals surface area contributed by atoms with Gasteiger partial charge in [-0.05, 0) is 43.4 Å². The highest BCUT2D eigenvalue weighted by molar-refractivity contribution is 5.96. The molecule has 0 saturated carbocycles. The van der Waals surface area contributed by atoms with E-state index in [0.717, 1.165) is 23.1 Å². The van der Waals surface area contributed by atoms with Crippen LogP contribution >= 0.6 is 0 Å². The Morgan fingerprint density at radius 2 is 2.00 bits per heavy atom. The van der Waals surface area contributed by atoms with Gasteiger partial charge in [-0.25, -0.2) is 4.79 Å². The van der Waals surface area contributed by atoms with E-state index in [1.165, 1.54) is 5.56 Å². The van der Waals surface area contributed by atoms with Gasteiger partial charge in [-0.1, -0.05) is 30.3 Å². The summed E-state index contributed by atoms with van der Waals surface area (Å²) in [6, 6.07) is 14.8. The molecule has 0 spiro atoms. The van der Waals surface area contributed by atoms with Crippen LogP contribution in [0.25, 0.3) is 11.0 Å². The summed E-state index contributed by atoms with van der Waals surface area (Å²) < 4.78 is 10.8. The number of likely N-dealkylation sites (N-methyl/N-ethyl adjacent to an activating group) is 1. The number of amides is 1. The zero-order valence-electron chi connectivity index (χ0n) is 15.9. The fourth-order valence-electron chi connectivity index (χ4n) is 3.52.